The number of piperidine rings is 3. The molecule has 3 aliphatic rings. The number of carbonyl (C=O) groups excluding carboxylic acids is 2. The summed E-state index contributed by atoms with van der Waals surface area (Å²) in [4.78, 5) is 40.8. The Labute approximate surface area is 264 Å². The van der Waals surface area contributed by atoms with Gasteiger partial charge in [-0.15, -0.1) is 0 Å². The number of imide groups is 1. The zero-order chi connectivity index (χ0) is 31.5. The van der Waals surface area contributed by atoms with Crippen LogP contribution in [0.2, 0.25) is 0 Å². The van der Waals surface area contributed by atoms with Gasteiger partial charge in [0.25, 0.3) is 5.56 Å². The lowest BCUT2D eigenvalue weighted by Crippen LogP contribution is -2.43. The SMILES string of the molecule is Cc1c(N[C@H]2C[C@@H](c3ccc(CN4CCC(Oc5ccc(C6CCC(=O)NC6=O)cc5)CC4)cc3)CN(C)C2)cnn(C)c1=O. The Kier molecular flexibility index (Phi) is 9.32. The van der Waals surface area contributed by atoms with Gasteiger partial charge in [0, 0.05) is 57.8 Å². The average molecular weight is 613 g/mol. The molecule has 0 saturated carbocycles. The largest absolute Gasteiger partial charge is 0.490 e. The van der Waals surface area contributed by atoms with Gasteiger partial charge in [0.05, 0.1) is 17.8 Å². The van der Waals surface area contributed by atoms with Crippen LogP contribution in [-0.2, 0) is 23.2 Å². The minimum Gasteiger partial charge on any atom is -0.490 e. The van der Waals surface area contributed by atoms with E-state index in [1.54, 1.807) is 13.2 Å². The number of nitrogens with zero attached hydrogens (tertiary/aromatic N) is 4. The molecule has 6 rings (SSSR count). The Morgan fingerprint density at radius 1 is 0.933 bits per heavy atom. The predicted octanol–water partition coefficient (Wildman–Crippen LogP) is 3.55. The molecule has 1 aromatic heterocycles. The molecule has 4 heterocycles. The third-order valence-corrected chi connectivity index (χ3v) is 9.59. The Morgan fingerprint density at radius 3 is 2.36 bits per heavy atom. The molecule has 0 spiro atoms. The van der Waals surface area contributed by atoms with Crippen LogP contribution in [0.25, 0.3) is 0 Å². The fourth-order valence-electron chi connectivity index (χ4n) is 7.00. The molecule has 2 amide bonds. The van der Waals surface area contributed by atoms with Crippen LogP contribution in [0, 0.1) is 6.92 Å². The molecule has 0 radical (unpaired) electrons. The number of nitrogens with one attached hydrogen (secondary N) is 2. The minimum atomic E-state index is -0.272. The molecule has 0 aliphatic carbocycles. The molecule has 45 heavy (non-hydrogen) atoms. The summed E-state index contributed by atoms with van der Waals surface area (Å²) in [6.45, 7) is 6.69. The van der Waals surface area contributed by atoms with Gasteiger partial charge in [-0.05, 0) is 74.4 Å². The van der Waals surface area contributed by atoms with Crippen molar-refractivity contribution < 1.29 is 14.3 Å². The van der Waals surface area contributed by atoms with Crippen molar-refractivity contribution in [1.82, 2.24) is 24.9 Å². The van der Waals surface area contributed by atoms with Crippen LogP contribution in [0.15, 0.2) is 59.5 Å². The summed E-state index contributed by atoms with van der Waals surface area (Å²) in [5.41, 5.74) is 5.07. The van der Waals surface area contributed by atoms with E-state index in [-0.39, 0.29) is 35.4 Å². The molecule has 10 nitrogen and oxygen atoms in total. The molecule has 2 N–H and O–H groups in total. The van der Waals surface area contributed by atoms with Gasteiger partial charge in [0.15, 0.2) is 0 Å². The topological polar surface area (TPSA) is 109 Å². The van der Waals surface area contributed by atoms with Crippen LogP contribution in [0.3, 0.4) is 0 Å². The van der Waals surface area contributed by atoms with Gasteiger partial charge in [0.1, 0.15) is 11.9 Å². The third kappa shape index (κ3) is 7.45. The second kappa shape index (κ2) is 13.5. The number of benzene rings is 2. The van der Waals surface area contributed by atoms with Crippen LogP contribution in [-0.4, -0.2) is 76.8 Å². The maximum atomic E-state index is 12.3. The molecule has 0 bridgehead atoms. The fraction of sp³-hybridized carbons (Fsp3) is 0.486. The van der Waals surface area contributed by atoms with E-state index in [4.69, 9.17) is 4.74 Å². The lowest BCUT2D eigenvalue weighted by atomic mass is 9.87. The lowest BCUT2D eigenvalue weighted by molar-refractivity contribution is -0.134. The van der Waals surface area contributed by atoms with E-state index in [1.165, 1.54) is 15.8 Å². The zero-order valence-corrected chi connectivity index (χ0v) is 26.5. The van der Waals surface area contributed by atoms with E-state index >= 15 is 0 Å². The summed E-state index contributed by atoms with van der Waals surface area (Å²) in [6.07, 6.45) is 5.81. The fourth-order valence-corrected chi connectivity index (χ4v) is 7.00. The highest BCUT2D eigenvalue weighted by Crippen LogP contribution is 2.30. The minimum absolute atomic E-state index is 0.0635. The molecule has 3 atom stereocenters. The quantitative estimate of drug-likeness (QED) is 0.372. The molecule has 3 aromatic rings. The van der Waals surface area contributed by atoms with Crippen LogP contribution < -0.4 is 20.9 Å². The summed E-state index contributed by atoms with van der Waals surface area (Å²) in [5, 5.41) is 10.2. The van der Waals surface area contributed by atoms with Crippen molar-refractivity contribution in [2.45, 2.75) is 69.6 Å². The molecule has 3 aliphatic heterocycles. The van der Waals surface area contributed by atoms with Crippen molar-refractivity contribution in [1.29, 1.82) is 0 Å². The molecule has 2 aromatic carbocycles. The molecule has 3 fully saturated rings. The summed E-state index contributed by atoms with van der Waals surface area (Å²) in [6, 6.07) is 17.1. The van der Waals surface area contributed by atoms with E-state index in [9.17, 15) is 14.4 Å². The number of likely N-dealkylation sites (N-methyl/N-ethyl adjacent to an activating group) is 1. The molecule has 1 unspecified atom stereocenters. The van der Waals surface area contributed by atoms with Crippen molar-refractivity contribution >= 4 is 17.5 Å². The van der Waals surface area contributed by atoms with E-state index in [0.717, 1.165) is 69.0 Å². The summed E-state index contributed by atoms with van der Waals surface area (Å²) < 4.78 is 7.66. The number of anilines is 1. The Hall–Kier alpha value is -4.02. The Morgan fingerprint density at radius 2 is 1.64 bits per heavy atom. The predicted molar refractivity (Wildman–Crippen MR) is 173 cm³/mol. The highest BCUT2D eigenvalue weighted by atomic mass is 16.5. The Bertz CT molecular complexity index is 1560. The molecular weight excluding hydrogens is 568 g/mol. The van der Waals surface area contributed by atoms with Gasteiger partial charge in [-0.1, -0.05) is 36.4 Å². The maximum Gasteiger partial charge on any atom is 0.271 e. The van der Waals surface area contributed by atoms with Crippen LogP contribution in [0.4, 0.5) is 5.69 Å². The normalized spacial score (nSPS) is 23.5. The number of hydrogen-bond donors (Lipinski definition) is 2. The first-order valence-electron chi connectivity index (χ1n) is 16.1. The average Bonchev–Trinajstić information content (AvgIpc) is 3.03. The van der Waals surface area contributed by atoms with Crippen molar-refractivity contribution in [3.05, 3.63) is 87.3 Å². The summed E-state index contributed by atoms with van der Waals surface area (Å²) in [5.74, 6) is 0.567. The van der Waals surface area contributed by atoms with Crippen molar-refractivity contribution in [2.24, 2.45) is 7.05 Å². The van der Waals surface area contributed by atoms with Gasteiger partial charge in [0.2, 0.25) is 11.8 Å². The first-order valence-corrected chi connectivity index (χ1v) is 16.1. The zero-order valence-electron chi connectivity index (χ0n) is 26.5. The third-order valence-electron chi connectivity index (χ3n) is 9.59. The van der Waals surface area contributed by atoms with E-state index in [2.05, 4.69) is 56.8 Å². The van der Waals surface area contributed by atoms with Gasteiger partial charge in [-0.25, -0.2) is 4.68 Å². The number of hydrogen-bond acceptors (Lipinski definition) is 8. The number of likely N-dealkylation sites (tertiary alicyclic amines) is 2. The van der Waals surface area contributed by atoms with Crippen LogP contribution >= 0.6 is 0 Å². The second-order valence-electron chi connectivity index (χ2n) is 13.0. The van der Waals surface area contributed by atoms with Crippen LogP contribution in [0.1, 0.15) is 66.2 Å². The number of aryl methyl sites for hydroxylation is 1. The van der Waals surface area contributed by atoms with Crippen molar-refractivity contribution in [3.8, 4) is 5.75 Å². The maximum absolute atomic E-state index is 12.3. The number of carbonyl (C=O) groups is 2. The molecule has 3 saturated heterocycles. The molecular formula is C35H44N6O4. The highest BCUT2D eigenvalue weighted by molar-refractivity contribution is 6.00. The first-order chi connectivity index (χ1) is 21.7. The second-order valence-corrected chi connectivity index (χ2v) is 13.0. The smallest absolute Gasteiger partial charge is 0.271 e. The number of rotatable bonds is 8. The monoisotopic (exact) mass is 612 g/mol. The highest BCUT2D eigenvalue weighted by Gasteiger charge is 2.29. The number of ether oxygens (including phenoxy) is 1. The summed E-state index contributed by atoms with van der Waals surface area (Å²) >= 11 is 0. The van der Waals surface area contributed by atoms with Crippen LogP contribution in [0.5, 0.6) is 5.75 Å². The van der Waals surface area contributed by atoms with Gasteiger partial charge < -0.3 is 15.0 Å². The molecule has 238 valence electrons. The standard InChI is InChI=1S/C35H44N6O4/c1-23-32(19-36-40(3)35(23)44)37-28-18-27(21-39(2)22-28)25-6-4-24(5-7-25)20-41-16-14-30(15-17-41)45-29-10-8-26(9-11-29)31-12-13-33(42)38-34(31)43/h4-11,19,27-28,30-31,37H,12-18,20-22H2,1-3H3,(H,38,42,43)/t27-,28+,31?/m1/s1. The van der Waals surface area contributed by atoms with Gasteiger partial charge in [-0.2, -0.15) is 5.10 Å². The van der Waals surface area contributed by atoms with E-state index in [1.807, 2.05) is 31.2 Å². The summed E-state index contributed by atoms with van der Waals surface area (Å²) in [7, 11) is 3.84. The number of amides is 2. The van der Waals surface area contributed by atoms with Gasteiger partial charge >= 0.3 is 0 Å². The first kappa shape index (κ1) is 31.0. The molecule has 10 heteroatoms. The van der Waals surface area contributed by atoms with Gasteiger partial charge in [-0.3, -0.25) is 24.6 Å². The Balaban J connectivity index is 0.973. The van der Waals surface area contributed by atoms with E-state index < -0.39 is 0 Å². The van der Waals surface area contributed by atoms with Crippen molar-refractivity contribution in [2.75, 3.05) is 38.5 Å². The van der Waals surface area contributed by atoms with E-state index in [0.29, 0.717) is 24.3 Å². The van der Waals surface area contributed by atoms with Crippen molar-refractivity contribution in [3.63, 3.8) is 0 Å². The lowest BCUT2D eigenvalue weighted by Gasteiger charge is -2.37. The number of aromatic nitrogens is 2.